The number of aromatic nitrogens is 2. The van der Waals surface area contributed by atoms with Gasteiger partial charge in [0, 0.05) is 46.0 Å². The van der Waals surface area contributed by atoms with Crippen molar-refractivity contribution in [3.8, 4) is 0 Å². The molecule has 0 bridgehead atoms. The molecule has 0 spiro atoms. The molecule has 2 N–H and O–H groups in total. The van der Waals surface area contributed by atoms with Crippen LogP contribution in [0.1, 0.15) is 39.2 Å². The molecule has 0 unspecified atom stereocenters. The van der Waals surface area contributed by atoms with Crippen LogP contribution >= 0.6 is 0 Å². The second kappa shape index (κ2) is 8.39. The molecule has 0 amide bonds. The summed E-state index contributed by atoms with van der Waals surface area (Å²) in [5.41, 5.74) is 5.02. The molecule has 5 aromatic rings. The third kappa shape index (κ3) is 3.39. The monoisotopic (exact) mass is 439 g/mol. The zero-order chi connectivity index (χ0) is 23.1. The average Bonchev–Trinajstić information content (AvgIpc) is 2.83. The number of anilines is 1. The first-order chi connectivity index (χ1) is 16.1. The van der Waals surface area contributed by atoms with Gasteiger partial charge >= 0.3 is 0 Å². The van der Waals surface area contributed by atoms with Crippen molar-refractivity contribution in [1.29, 1.82) is 0 Å². The van der Waals surface area contributed by atoms with Crippen LogP contribution in [0.2, 0.25) is 0 Å². The summed E-state index contributed by atoms with van der Waals surface area (Å²) < 4.78 is 0. The summed E-state index contributed by atoms with van der Waals surface area (Å²) in [5, 5.41) is 2.63. The smallest absolute Gasteiger partial charge is 0.197 e. The number of aromatic amines is 2. The molecule has 33 heavy (non-hydrogen) atoms. The van der Waals surface area contributed by atoms with Gasteiger partial charge in [-0.3, -0.25) is 9.59 Å². The number of para-hydroxylation sites is 1. The third-order valence-electron chi connectivity index (χ3n) is 6.56. The fourth-order valence-electron chi connectivity index (χ4n) is 5.06. The molecule has 5 rings (SSSR count). The lowest BCUT2D eigenvalue weighted by atomic mass is 9.98. The van der Waals surface area contributed by atoms with E-state index in [1.165, 1.54) is 0 Å². The highest BCUT2D eigenvalue weighted by Gasteiger charge is 2.17. The molecule has 2 aromatic heterocycles. The molecule has 2 heterocycles. The van der Waals surface area contributed by atoms with E-state index in [2.05, 4.69) is 34.8 Å². The van der Waals surface area contributed by atoms with Gasteiger partial charge in [0.15, 0.2) is 10.9 Å². The Morgan fingerprint density at radius 1 is 0.727 bits per heavy atom. The lowest BCUT2D eigenvalue weighted by molar-refractivity contribution is 0.745. The molecule has 168 valence electrons. The summed E-state index contributed by atoms with van der Waals surface area (Å²) in [6.07, 6.45) is 2.76. The van der Waals surface area contributed by atoms with Gasteiger partial charge in [-0.25, -0.2) is 0 Å². The van der Waals surface area contributed by atoms with Crippen molar-refractivity contribution in [2.75, 3.05) is 18.0 Å². The Kier molecular flexibility index (Phi) is 5.41. The van der Waals surface area contributed by atoms with E-state index < -0.39 is 0 Å². The van der Waals surface area contributed by atoms with E-state index in [0.717, 1.165) is 53.7 Å². The Morgan fingerprint density at radius 2 is 1.45 bits per heavy atom. The van der Waals surface area contributed by atoms with Crippen molar-refractivity contribution in [2.24, 2.45) is 0 Å². The van der Waals surface area contributed by atoms with Crippen molar-refractivity contribution in [3.05, 3.63) is 74.5 Å². The van der Waals surface area contributed by atoms with Crippen molar-refractivity contribution in [3.63, 3.8) is 0 Å². The number of hydrogen-bond donors (Lipinski definition) is 2. The Hall–Kier alpha value is -3.60. The maximum Gasteiger partial charge on any atom is 0.197 e. The quantitative estimate of drug-likeness (QED) is 0.325. The van der Waals surface area contributed by atoms with Gasteiger partial charge in [0.1, 0.15) is 0 Å². The Bertz CT molecular complexity index is 1620. The molecular formula is C28H29N3O2. The highest BCUT2D eigenvalue weighted by molar-refractivity contribution is 6.06. The summed E-state index contributed by atoms with van der Waals surface area (Å²) in [6, 6.07) is 15.5. The Morgan fingerprint density at radius 3 is 2.18 bits per heavy atom. The molecule has 5 nitrogen and oxygen atoms in total. The van der Waals surface area contributed by atoms with Crippen LogP contribution in [0.4, 0.5) is 5.69 Å². The molecule has 0 aliphatic heterocycles. The number of rotatable bonds is 6. The second-order valence-electron chi connectivity index (χ2n) is 8.72. The minimum Gasteiger partial charge on any atom is -0.372 e. The van der Waals surface area contributed by atoms with Gasteiger partial charge in [-0.05, 0) is 61.2 Å². The van der Waals surface area contributed by atoms with Gasteiger partial charge in [-0.15, -0.1) is 0 Å². The predicted molar refractivity (Wildman–Crippen MR) is 140 cm³/mol. The van der Waals surface area contributed by atoms with Crippen molar-refractivity contribution >= 4 is 49.3 Å². The summed E-state index contributed by atoms with van der Waals surface area (Å²) in [7, 11) is 0. The number of pyridine rings is 2. The molecule has 0 aliphatic rings. The van der Waals surface area contributed by atoms with Gasteiger partial charge < -0.3 is 14.9 Å². The summed E-state index contributed by atoms with van der Waals surface area (Å²) in [4.78, 5) is 36.3. The zero-order valence-electron chi connectivity index (χ0n) is 19.4. The standard InChI is InChI=1S/C28H29N3O2/c1-4-13-31(14-5-2)17-11-12-23-20(15-17)27(32)21-16-24-25(18(6-3)26(21)30-23)28(33)19-9-7-8-10-22(19)29-24/h7-12,15-16H,4-6,13-14H2,1-3H3,(H,29,33)(H,30,32). The van der Waals surface area contributed by atoms with E-state index in [9.17, 15) is 9.59 Å². The predicted octanol–water partition coefficient (Wildman–Crippen LogP) is 5.86. The van der Waals surface area contributed by atoms with E-state index in [-0.39, 0.29) is 10.9 Å². The van der Waals surface area contributed by atoms with Crippen LogP contribution in [0, 0.1) is 0 Å². The Balaban J connectivity index is 1.85. The number of fused-ring (bicyclic) bond motifs is 4. The van der Waals surface area contributed by atoms with Crippen LogP contribution in [0.5, 0.6) is 0 Å². The van der Waals surface area contributed by atoms with Gasteiger partial charge in [-0.1, -0.05) is 32.9 Å². The van der Waals surface area contributed by atoms with Crippen LogP contribution in [-0.2, 0) is 6.42 Å². The minimum atomic E-state index is -0.000783. The molecule has 0 fully saturated rings. The first-order valence-electron chi connectivity index (χ1n) is 11.9. The van der Waals surface area contributed by atoms with Crippen LogP contribution in [0.15, 0.2) is 58.1 Å². The molecule has 0 radical (unpaired) electrons. The van der Waals surface area contributed by atoms with Gasteiger partial charge in [-0.2, -0.15) is 0 Å². The number of hydrogen-bond acceptors (Lipinski definition) is 3. The van der Waals surface area contributed by atoms with E-state index in [4.69, 9.17) is 0 Å². The lowest BCUT2D eigenvalue weighted by Gasteiger charge is -2.24. The van der Waals surface area contributed by atoms with Crippen molar-refractivity contribution < 1.29 is 0 Å². The maximum atomic E-state index is 13.7. The van der Waals surface area contributed by atoms with Crippen LogP contribution in [0.3, 0.4) is 0 Å². The molecule has 0 saturated heterocycles. The number of aryl methyl sites for hydroxylation is 1. The van der Waals surface area contributed by atoms with Crippen LogP contribution in [-0.4, -0.2) is 23.1 Å². The number of nitrogens with zero attached hydrogens (tertiary/aromatic N) is 1. The summed E-state index contributed by atoms with van der Waals surface area (Å²) >= 11 is 0. The number of benzene rings is 3. The van der Waals surface area contributed by atoms with E-state index in [1.807, 2.05) is 49.4 Å². The molecule has 0 saturated carbocycles. The highest BCUT2D eigenvalue weighted by Crippen LogP contribution is 2.28. The van der Waals surface area contributed by atoms with E-state index in [1.54, 1.807) is 0 Å². The van der Waals surface area contributed by atoms with Crippen LogP contribution < -0.4 is 15.8 Å². The number of H-pyrrole nitrogens is 2. The second-order valence-corrected chi connectivity index (χ2v) is 8.72. The fraction of sp³-hybridized carbons (Fsp3) is 0.286. The topological polar surface area (TPSA) is 69.0 Å². The maximum absolute atomic E-state index is 13.7. The van der Waals surface area contributed by atoms with Crippen LogP contribution in [0.25, 0.3) is 43.6 Å². The third-order valence-corrected chi connectivity index (χ3v) is 6.56. The zero-order valence-corrected chi connectivity index (χ0v) is 19.4. The first-order valence-corrected chi connectivity index (χ1v) is 11.9. The molecular weight excluding hydrogens is 410 g/mol. The fourth-order valence-corrected chi connectivity index (χ4v) is 5.06. The van der Waals surface area contributed by atoms with E-state index in [0.29, 0.717) is 33.5 Å². The van der Waals surface area contributed by atoms with Gasteiger partial charge in [0.25, 0.3) is 0 Å². The first kappa shape index (κ1) is 21.3. The molecule has 0 atom stereocenters. The SMILES string of the molecule is CCCN(CCC)c1ccc2[nH]c3c(CC)c4c(=O)c5ccccc5[nH]c4cc3c(=O)c2c1. The Labute approximate surface area is 192 Å². The van der Waals surface area contributed by atoms with Gasteiger partial charge in [0.2, 0.25) is 0 Å². The lowest BCUT2D eigenvalue weighted by Crippen LogP contribution is -2.25. The molecule has 5 heteroatoms. The van der Waals surface area contributed by atoms with Crippen molar-refractivity contribution in [2.45, 2.75) is 40.0 Å². The highest BCUT2D eigenvalue weighted by atomic mass is 16.1. The minimum absolute atomic E-state index is 0.000783. The van der Waals surface area contributed by atoms with E-state index >= 15 is 0 Å². The summed E-state index contributed by atoms with van der Waals surface area (Å²) in [5.74, 6) is 0. The van der Waals surface area contributed by atoms with Gasteiger partial charge in [0.05, 0.1) is 16.4 Å². The average molecular weight is 440 g/mol. The summed E-state index contributed by atoms with van der Waals surface area (Å²) in [6.45, 7) is 8.30. The molecule has 3 aromatic carbocycles. The molecule has 0 aliphatic carbocycles. The number of nitrogens with one attached hydrogen (secondary N) is 2. The normalized spacial score (nSPS) is 11.7. The largest absolute Gasteiger partial charge is 0.372 e. The van der Waals surface area contributed by atoms with Crippen molar-refractivity contribution in [1.82, 2.24) is 9.97 Å².